The zero-order valence-corrected chi connectivity index (χ0v) is 8.41. The van der Waals surface area contributed by atoms with Crippen molar-refractivity contribution in [2.24, 2.45) is 0 Å². The molecule has 0 aliphatic carbocycles. The fourth-order valence-corrected chi connectivity index (χ4v) is 0. The Bertz CT molecular complexity index is 11.6. The first-order chi connectivity index (χ1) is 1.00. The fraction of sp³-hybridized carbons (Fsp3) is 0. The maximum Gasteiger partial charge on any atom is 0 e. The van der Waals surface area contributed by atoms with E-state index in [9.17, 15) is 0 Å². The minimum atomic E-state index is 0. The zero-order chi connectivity index (χ0) is 2.00. The van der Waals surface area contributed by atoms with Crippen LogP contribution in [0.5, 0.6) is 0 Å². The Morgan fingerprint density at radius 3 is 1.20 bits per heavy atom. The first kappa shape index (κ1) is 23.0. The molecule has 0 saturated carbocycles. The standard InChI is InChI=1S/GeH4.K.Mo.H2Se.Zn.H/h1H4;;;1H2;;/q;;+1;;;/p-1. The molecule has 0 spiro atoms. The minimum absolute atomic E-state index is 0. The number of hydrogen-bond acceptors (Lipinski definition) is 0. The third-order valence-electron chi connectivity index (χ3n) is 0. The quantitative estimate of drug-likeness (QED) is 0.412. The van der Waals surface area contributed by atoms with Crippen molar-refractivity contribution in [2.75, 3.05) is 0 Å². The molecule has 0 radical (unpaired) electrons. The van der Waals surface area contributed by atoms with Crippen LogP contribution in [0.25, 0.3) is 0 Å². The first-order valence-corrected chi connectivity index (χ1v) is 5.61. The van der Waals surface area contributed by atoms with E-state index in [0.717, 1.165) is 0 Å². The van der Waals surface area contributed by atoms with Gasteiger partial charge in [0.25, 0.3) is 0 Å². The van der Waals surface area contributed by atoms with Crippen molar-refractivity contribution >= 4 is 82.4 Å². The molecule has 0 aliphatic rings. The van der Waals surface area contributed by atoms with Crippen LogP contribution in [0.3, 0.4) is 0 Å². The van der Waals surface area contributed by atoms with E-state index in [1.165, 1.54) is 0 Å². The molecule has 0 aromatic carbocycles. The maximum absolute atomic E-state index is 2.32. The topological polar surface area (TPSA) is 0 Å². The van der Waals surface area contributed by atoms with E-state index in [2.05, 4.69) is 13.4 Å². The fourth-order valence-electron chi connectivity index (χ4n) is 0. The first-order valence-electron chi connectivity index (χ1n) is 0.183. The summed E-state index contributed by atoms with van der Waals surface area (Å²) in [5.74, 6) is 0. The smallest absolute Gasteiger partial charge is 0 e. The molecule has 0 rings (SSSR count). The Morgan fingerprint density at radius 2 is 1.20 bits per heavy atom. The van der Waals surface area contributed by atoms with Crippen molar-refractivity contribution in [1.29, 1.82) is 0 Å². The number of hydrogen-bond donors (Lipinski definition) is 0. The van der Waals surface area contributed by atoms with Crippen LogP contribution in [0.4, 0.5) is 0 Å². The Kier molecular flexibility index (Phi) is 113. The summed E-state index contributed by atoms with van der Waals surface area (Å²) in [6.45, 7) is 0. The molecule has 0 heterocycles. The molecule has 5 heteroatoms. The van der Waals surface area contributed by atoms with Crippen molar-refractivity contribution in [3.05, 3.63) is 0 Å². The third kappa shape index (κ3) is 18.0. The van der Waals surface area contributed by atoms with Crippen LogP contribution in [0.1, 0.15) is 0 Å². The van der Waals surface area contributed by atoms with Crippen LogP contribution >= 0.6 is 0 Å². The molecular weight excluding hydrogens is 352 g/mol. The second kappa shape index (κ2) is 24.5. The van der Waals surface area contributed by atoms with Gasteiger partial charge in [0.05, 0.1) is 0 Å². The normalized spacial score (nSPS) is 1.00. The molecule has 0 aliphatic heterocycles. The molecule has 25 valence electrons. The Balaban J connectivity index is -0.00000000167. The molecule has 0 aromatic rings. The summed E-state index contributed by atoms with van der Waals surface area (Å²) in [5, 5.41) is 0. The van der Waals surface area contributed by atoms with Crippen LogP contribution < -0.4 is 0 Å². The van der Waals surface area contributed by atoms with Gasteiger partial charge in [0.1, 0.15) is 0 Å². The second-order valence-electron chi connectivity index (χ2n) is 0. The SMILES string of the molecule is [GeH4].[KH].[SeH][Mo].[Zn]. The van der Waals surface area contributed by atoms with Gasteiger partial charge in [-0.15, -0.1) is 0 Å². The molecular formula is H6GeKMoSeZn. The minimum Gasteiger partial charge on any atom is 0 e. The van der Waals surface area contributed by atoms with Crippen LogP contribution in [0.2, 0.25) is 0 Å². The van der Waals surface area contributed by atoms with Gasteiger partial charge in [0.2, 0.25) is 0 Å². The van der Waals surface area contributed by atoms with E-state index < -0.39 is 0 Å². The molecule has 0 bridgehead atoms. The predicted molar refractivity (Wildman–Crippen MR) is 25.6 cm³/mol. The third-order valence-corrected chi connectivity index (χ3v) is 0. The largest absolute Gasteiger partial charge is 0 e. The summed E-state index contributed by atoms with van der Waals surface area (Å²) >= 11 is 4.21. The van der Waals surface area contributed by atoms with Crippen LogP contribution in [-0.2, 0) is 37.2 Å². The Morgan fingerprint density at radius 1 is 1.20 bits per heavy atom. The van der Waals surface area contributed by atoms with Crippen molar-refractivity contribution < 1.29 is 37.2 Å². The average Bonchev–Trinajstić information content (AvgIpc) is 1.00. The van der Waals surface area contributed by atoms with E-state index >= 15 is 0 Å². The Hall–Kier alpha value is 4.01. The van der Waals surface area contributed by atoms with Crippen molar-refractivity contribution in [1.82, 2.24) is 0 Å². The predicted octanol–water partition coefficient (Wildman–Crippen LogP) is -2.75. The molecule has 0 N–H and O–H groups in total. The molecule has 0 nitrogen and oxygen atoms in total. The molecule has 0 atom stereocenters. The molecule has 0 aromatic heterocycles. The van der Waals surface area contributed by atoms with Gasteiger partial charge in [-0.1, -0.05) is 0 Å². The Labute approximate surface area is 116 Å². The summed E-state index contributed by atoms with van der Waals surface area (Å²) in [5.41, 5.74) is 0. The maximum atomic E-state index is 2.32. The zero-order valence-electron chi connectivity index (χ0n) is 1.56. The summed E-state index contributed by atoms with van der Waals surface area (Å²) in [6, 6.07) is 0. The van der Waals surface area contributed by atoms with Gasteiger partial charge in [0, 0.05) is 19.5 Å². The summed E-state index contributed by atoms with van der Waals surface area (Å²) in [6.07, 6.45) is 0. The van der Waals surface area contributed by atoms with Gasteiger partial charge in [-0.05, 0) is 0 Å². The van der Waals surface area contributed by atoms with Gasteiger partial charge >= 0.3 is 100 Å². The second-order valence-corrected chi connectivity index (χ2v) is 0. The van der Waals surface area contributed by atoms with Crippen molar-refractivity contribution in [2.45, 2.75) is 0 Å². The molecule has 0 fully saturated rings. The van der Waals surface area contributed by atoms with E-state index in [-0.39, 0.29) is 88.5 Å². The van der Waals surface area contributed by atoms with E-state index in [4.69, 9.17) is 0 Å². The van der Waals surface area contributed by atoms with Gasteiger partial charge < -0.3 is 0 Å². The van der Waals surface area contributed by atoms with Gasteiger partial charge in [-0.3, -0.25) is 0 Å². The van der Waals surface area contributed by atoms with Gasteiger partial charge in [-0.2, -0.15) is 0 Å². The van der Waals surface area contributed by atoms with Crippen LogP contribution in [0, 0.1) is 0 Å². The van der Waals surface area contributed by atoms with Gasteiger partial charge in [0.15, 0.2) is 0 Å². The van der Waals surface area contributed by atoms with Gasteiger partial charge in [-0.25, -0.2) is 0 Å². The molecule has 0 unspecified atom stereocenters. The van der Waals surface area contributed by atoms with Crippen molar-refractivity contribution in [3.63, 3.8) is 0 Å². The molecule has 0 amide bonds. The molecule has 5 heavy (non-hydrogen) atoms. The monoisotopic (exact) mass is 361 g/mol. The van der Waals surface area contributed by atoms with Crippen LogP contribution in [0.15, 0.2) is 0 Å². The summed E-state index contributed by atoms with van der Waals surface area (Å²) < 4.78 is 0. The number of rotatable bonds is 0. The van der Waals surface area contributed by atoms with Crippen LogP contribution in [-0.4, -0.2) is 82.4 Å². The van der Waals surface area contributed by atoms with E-state index in [1.807, 2.05) is 17.7 Å². The van der Waals surface area contributed by atoms with E-state index in [1.54, 1.807) is 0 Å². The summed E-state index contributed by atoms with van der Waals surface area (Å²) in [7, 11) is 0. The van der Waals surface area contributed by atoms with E-state index in [0.29, 0.717) is 0 Å². The average molecular weight is 358 g/mol. The van der Waals surface area contributed by atoms with Crippen molar-refractivity contribution in [3.8, 4) is 0 Å². The molecule has 0 saturated heterocycles. The summed E-state index contributed by atoms with van der Waals surface area (Å²) in [4.78, 5) is 0.